The maximum absolute atomic E-state index is 13.2. The molecule has 0 fully saturated rings. The molecule has 2 aromatic carbocycles. The third-order valence-corrected chi connectivity index (χ3v) is 4.68. The molecule has 27 heavy (non-hydrogen) atoms. The molecule has 3 rings (SSSR count). The molecule has 0 aliphatic heterocycles. The van der Waals surface area contributed by atoms with Gasteiger partial charge in [-0.25, -0.2) is 4.98 Å². The Kier molecular flexibility index (Phi) is 5.94. The van der Waals surface area contributed by atoms with E-state index >= 15 is 0 Å². The van der Waals surface area contributed by atoms with Gasteiger partial charge < -0.3 is 9.47 Å². The topological polar surface area (TPSA) is 38.1 Å². The van der Waals surface area contributed by atoms with E-state index in [0.29, 0.717) is 19.0 Å². The van der Waals surface area contributed by atoms with Crippen molar-refractivity contribution in [3.8, 4) is 0 Å². The molecule has 0 saturated heterocycles. The molecule has 1 heterocycles. The molecule has 0 radical (unpaired) electrons. The van der Waals surface area contributed by atoms with E-state index in [0.717, 1.165) is 41.0 Å². The van der Waals surface area contributed by atoms with E-state index in [4.69, 9.17) is 4.98 Å². The third kappa shape index (κ3) is 4.38. The third-order valence-electron chi connectivity index (χ3n) is 4.68. The quantitative estimate of drug-likeness (QED) is 0.589. The first kappa shape index (κ1) is 19.2. The van der Waals surface area contributed by atoms with Gasteiger partial charge in [0.1, 0.15) is 5.82 Å². The fourth-order valence-corrected chi connectivity index (χ4v) is 3.43. The Balaban J connectivity index is 1.95. The number of amides is 1. The number of carbonyl (C=O) groups is 1. The minimum atomic E-state index is 0.0683. The highest BCUT2D eigenvalue weighted by Gasteiger charge is 2.20. The molecule has 0 saturated carbocycles. The number of benzene rings is 2. The molecule has 0 unspecified atom stereocenters. The van der Waals surface area contributed by atoms with Gasteiger partial charge in [-0.2, -0.15) is 0 Å². The van der Waals surface area contributed by atoms with Crippen LogP contribution in [-0.2, 0) is 13.1 Å². The van der Waals surface area contributed by atoms with Crippen molar-refractivity contribution >= 4 is 16.9 Å². The number of fused-ring (bicyclic) bond motifs is 1. The van der Waals surface area contributed by atoms with E-state index in [1.807, 2.05) is 54.3 Å². The van der Waals surface area contributed by atoms with Crippen LogP contribution in [-0.4, -0.2) is 26.9 Å². The molecule has 0 N–H and O–H groups in total. The summed E-state index contributed by atoms with van der Waals surface area (Å²) in [5.74, 6) is 1.42. The van der Waals surface area contributed by atoms with Crippen molar-refractivity contribution in [2.75, 3.05) is 6.54 Å². The Bertz CT molecular complexity index is 909. The average Bonchev–Trinajstić information content (AvgIpc) is 2.99. The molecule has 0 aliphatic carbocycles. The number of carbonyl (C=O) groups excluding carboxylic acids is 1. The lowest BCUT2D eigenvalue weighted by Gasteiger charge is -2.25. The smallest absolute Gasteiger partial charge is 0.254 e. The fraction of sp³-hybridized carbons (Fsp3) is 0.391. The van der Waals surface area contributed by atoms with Gasteiger partial charge in [0, 0.05) is 18.7 Å². The van der Waals surface area contributed by atoms with Crippen LogP contribution in [0.1, 0.15) is 48.9 Å². The first-order chi connectivity index (χ1) is 13.0. The SMILES string of the molecule is CCCn1c(CN(CC(C)C)C(=O)c2ccc(C)cc2)nc2ccccc21. The summed E-state index contributed by atoms with van der Waals surface area (Å²) < 4.78 is 2.26. The van der Waals surface area contributed by atoms with E-state index in [-0.39, 0.29) is 5.91 Å². The molecule has 142 valence electrons. The minimum Gasteiger partial charge on any atom is -0.331 e. The average molecular weight is 364 g/mol. The molecule has 0 spiro atoms. The second-order valence-corrected chi connectivity index (χ2v) is 7.61. The van der Waals surface area contributed by atoms with Crippen molar-refractivity contribution in [2.24, 2.45) is 5.92 Å². The van der Waals surface area contributed by atoms with Crippen LogP contribution in [0.3, 0.4) is 0 Å². The lowest BCUT2D eigenvalue weighted by molar-refractivity contribution is 0.0716. The van der Waals surface area contributed by atoms with E-state index < -0.39 is 0 Å². The van der Waals surface area contributed by atoms with Crippen LogP contribution in [0.15, 0.2) is 48.5 Å². The van der Waals surface area contributed by atoms with Crippen molar-refractivity contribution in [3.63, 3.8) is 0 Å². The van der Waals surface area contributed by atoms with E-state index in [2.05, 4.69) is 31.4 Å². The summed E-state index contributed by atoms with van der Waals surface area (Å²) in [6, 6.07) is 16.0. The number of nitrogens with zero attached hydrogens (tertiary/aromatic N) is 3. The maximum atomic E-state index is 13.2. The minimum absolute atomic E-state index is 0.0683. The molecule has 0 aliphatic rings. The van der Waals surface area contributed by atoms with E-state index in [1.54, 1.807) is 0 Å². The lowest BCUT2D eigenvalue weighted by Crippen LogP contribution is -2.34. The summed E-state index contributed by atoms with van der Waals surface area (Å²) in [5, 5.41) is 0. The first-order valence-corrected chi connectivity index (χ1v) is 9.79. The van der Waals surface area contributed by atoms with Gasteiger partial charge in [-0.3, -0.25) is 4.79 Å². The zero-order valence-electron chi connectivity index (χ0n) is 16.8. The van der Waals surface area contributed by atoms with Gasteiger partial charge in [-0.05, 0) is 43.5 Å². The van der Waals surface area contributed by atoms with Crippen LogP contribution in [0, 0.1) is 12.8 Å². The number of imidazole rings is 1. The summed E-state index contributed by atoms with van der Waals surface area (Å²) in [4.78, 5) is 19.9. The summed E-state index contributed by atoms with van der Waals surface area (Å²) in [5.41, 5.74) is 4.03. The van der Waals surface area contributed by atoms with Gasteiger partial charge in [0.25, 0.3) is 5.91 Å². The molecular weight excluding hydrogens is 334 g/mol. The molecule has 3 aromatic rings. The standard InChI is InChI=1S/C23H29N3O/c1-5-14-26-21-9-7-6-8-20(21)24-22(26)16-25(15-17(2)3)23(27)19-12-10-18(4)11-13-19/h6-13,17H,5,14-16H2,1-4H3. The van der Waals surface area contributed by atoms with Crippen molar-refractivity contribution in [3.05, 3.63) is 65.5 Å². The van der Waals surface area contributed by atoms with E-state index in [9.17, 15) is 4.79 Å². The van der Waals surface area contributed by atoms with Gasteiger partial charge in [0.15, 0.2) is 0 Å². The van der Waals surface area contributed by atoms with Gasteiger partial charge in [0.2, 0.25) is 0 Å². The normalized spacial score (nSPS) is 11.3. The van der Waals surface area contributed by atoms with Gasteiger partial charge in [0.05, 0.1) is 17.6 Å². The van der Waals surface area contributed by atoms with Crippen molar-refractivity contribution in [1.29, 1.82) is 0 Å². The second kappa shape index (κ2) is 8.38. The predicted octanol–water partition coefficient (Wildman–Crippen LogP) is 5.05. The molecule has 4 nitrogen and oxygen atoms in total. The Morgan fingerprint density at radius 1 is 1.11 bits per heavy atom. The molecule has 4 heteroatoms. The molecular formula is C23H29N3O. The summed E-state index contributed by atoms with van der Waals surface area (Å²) in [7, 11) is 0. The fourth-order valence-electron chi connectivity index (χ4n) is 3.43. The van der Waals surface area contributed by atoms with Crippen LogP contribution in [0.4, 0.5) is 0 Å². The summed E-state index contributed by atoms with van der Waals surface area (Å²) in [6.45, 7) is 10.6. The van der Waals surface area contributed by atoms with Crippen LogP contribution >= 0.6 is 0 Å². The number of hydrogen-bond donors (Lipinski definition) is 0. The zero-order valence-corrected chi connectivity index (χ0v) is 16.8. The Labute approximate surface area is 161 Å². The first-order valence-electron chi connectivity index (χ1n) is 9.79. The molecule has 1 amide bonds. The highest BCUT2D eigenvalue weighted by atomic mass is 16.2. The van der Waals surface area contributed by atoms with Gasteiger partial charge >= 0.3 is 0 Å². The summed E-state index contributed by atoms with van der Waals surface area (Å²) >= 11 is 0. The van der Waals surface area contributed by atoms with Gasteiger partial charge in [-0.15, -0.1) is 0 Å². The van der Waals surface area contributed by atoms with Crippen LogP contribution in [0.5, 0.6) is 0 Å². The largest absolute Gasteiger partial charge is 0.331 e. The Hall–Kier alpha value is -2.62. The molecule has 0 bridgehead atoms. The van der Waals surface area contributed by atoms with E-state index in [1.165, 1.54) is 0 Å². The van der Waals surface area contributed by atoms with Crippen LogP contribution in [0.25, 0.3) is 11.0 Å². The van der Waals surface area contributed by atoms with Gasteiger partial charge in [-0.1, -0.05) is 50.6 Å². The predicted molar refractivity (Wildman–Crippen MR) is 111 cm³/mol. The summed E-state index contributed by atoms with van der Waals surface area (Å²) in [6.07, 6.45) is 1.03. The van der Waals surface area contributed by atoms with Crippen molar-refractivity contribution < 1.29 is 4.79 Å². The number of para-hydroxylation sites is 2. The highest BCUT2D eigenvalue weighted by Crippen LogP contribution is 2.19. The maximum Gasteiger partial charge on any atom is 0.254 e. The van der Waals surface area contributed by atoms with Crippen LogP contribution in [0.2, 0.25) is 0 Å². The van der Waals surface area contributed by atoms with Crippen LogP contribution < -0.4 is 0 Å². The number of aromatic nitrogens is 2. The number of rotatable bonds is 7. The second-order valence-electron chi connectivity index (χ2n) is 7.61. The molecule has 0 atom stereocenters. The lowest BCUT2D eigenvalue weighted by atomic mass is 10.1. The highest BCUT2D eigenvalue weighted by molar-refractivity contribution is 5.94. The number of aryl methyl sites for hydroxylation is 2. The molecule has 1 aromatic heterocycles. The van der Waals surface area contributed by atoms with Crippen molar-refractivity contribution in [1.82, 2.24) is 14.5 Å². The monoisotopic (exact) mass is 363 g/mol. The zero-order chi connectivity index (χ0) is 19.4. The number of hydrogen-bond acceptors (Lipinski definition) is 2. The Morgan fingerprint density at radius 3 is 2.48 bits per heavy atom. The van der Waals surface area contributed by atoms with Crippen molar-refractivity contribution in [2.45, 2.75) is 47.2 Å². The Morgan fingerprint density at radius 2 is 1.81 bits per heavy atom.